The van der Waals surface area contributed by atoms with Crippen LogP contribution in [0.1, 0.15) is 29.3 Å². The largest absolute Gasteiger partial charge is 1.00 e. The quantitative estimate of drug-likeness (QED) is 0.478. The fraction of sp³-hybridized carbons (Fsp3) is 0.333. The summed E-state index contributed by atoms with van der Waals surface area (Å²) in [6, 6.07) is 6.48. The molecule has 1 saturated heterocycles. The van der Waals surface area contributed by atoms with E-state index in [9.17, 15) is 27.7 Å². The standard InChI is InChI=1S/C18H20N2O7S.Na/c1-11-4-3-5-13(8-11)20-14(16-15(21)9-12(2)27-17(16)22)6-7-19(18(20)23)10-28(24,25)26;/h3-5,8-9,14,21H,6-7,10H2,1-2H3,(H,24,25,26);/q;+1/p-1. The van der Waals surface area contributed by atoms with Crippen molar-refractivity contribution in [3.05, 3.63) is 57.6 Å². The van der Waals surface area contributed by atoms with E-state index in [1.165, 1.54) is 17.9 Å². The summed E-state index contributed by atoms with van der Waals surface area (Å²) < 4.78 is 38.6. The monoisotopic (exact) mass is 430 g/mol. The van der Waals surface area contributed by atoms with Crippen molar-refractivity contribution in [2.75, 3.05) is 17.3 Å². The third-order valence-electron chi connectivity index (χ3n) is 4.48. The number of urea groups is 1. The van der Waals surface area contributed by atoms with E-state index in [1.807, 2.05) is 13.0 Å². The molecule has 11 heteroatoms. The number of rotatable bonds is 4. The molecule has 1 atom stereocenters. The van der Waals surface area contributed by atoms with Gasteiger partial charge >= 0.3 is 41.2 Å². The number of benzene rings is 1. The third kappa shape index (κ3) is 5.20. The zero-order chi connectivity index (χ0) is 20.6. The maximum atomic E-state index is 13.0. The average Bonchev–Trinajstić information content (AvgIpc) is 2.55. The summed E-state index contributed by atoms with van der Waals surface area (Å²) in [6.07, 6.45) is 0.122. The SMILES string of the molecule is Cc1cccc(N2C(=O)N(CS(=O)(=O)[O-])CCC2c2c(O)cc(C)oc2=O)c1.[Na+]. The molecule has 1 aliphatic rings. The van der Waals surface area contributed by atoms with Gasteiger partial charge in [0.15, 0.2) is 0 Å². The maximum Gasteiger partial charge on any atom is 1.00 e. The first-order valence-corrected chi connectivity index (χ1v) is 10.1. The Balaban J connectivity index is 0.00000300. The number of nitrogens with zero attached hydrogens (tertiary/aromatic N) is 2. The van der Waals surface area contributed by atoms with Gasteiger partial charge in [-0.25, -0.2) is 18.0 Å². The number of carbonyl (C=O) groups excluding carboxylic acids is 1. The number of amides is 2. The van der Waals surface area contributed by atoms with Crippen molar-refractivity contribution < 1.29 is 56.8 Å². The van der Waals surface area contributed by atoms with E-state index in [-0.39, 0.29) is 59.6 Å². The van der Waals surface area contributed by atoms with Crippen molar-refractivity contribution in [3.8, 4) is 5.75 Å². The Morgan fingerprint density at radius 2 is 1.93 bits per heavy atom. The minimum Gasteiger partial charge on any atom is -0.747 e. The molecule has 1 aromatic carbocycles. The Hall–Kier alpha value is -1.85. The third-order valence-corrected chi connectivity index (χ3v) is 5.11. The predicted molar refractivity (Wildman–Crippen MR) is 99.1 cm³/mol. The zero-order valence-electron chi connectivity index (χ0n) is 16.3. The Morgan fingerprint density at radius 3 is 2.52 bits per heavy atom. The molecule has 2 amide bonds. The molecule has 1 N–H and O–H groups in total. The van der Waals surface area contributed by atoms with Gasteiger partial charge in [0, 0.05) is 18.3 Å². The number of aryl methyl sites for hydroxylation is 2. The van der Waals surface area contributed by atoms with E-state index in [1.54, 1.807) is 18.2 Å². The van der Waals surface area contributed by atoms with Crippen LogP contribution in [0.3, 0.4) is 0 Å². The molecule has 2 heterocycles. The summed E-state index contributed by atoms with van der Waals surface area (Å²) in [5, 5.41) is 10.3. The molecule has 1 aliphatic heterocycles. The Labute approximate surface area is 190 Å². The van der Waals surface area contributed by atoms with Crippen molar-refractivity contribution in [3.63, 3.8) is 0 Å². The molecule has 29 heavy (non-hydrogen) atoms. The molecule has 1 unspecified atom stereocenters. The first-order valence-electron chi connectivity index (χ1n) is 8.49. The van der Waals surface area contributed by atoms with Crippen LogP contribution in [0.2, 0.25) is 0 Å². The van der Waals surface area contributed by atoms with Crippen LogP contribution in [-0.4, -0.2) is 41.4 Å². The molecular weight excluding hydrogens is 411 g/mol. The minimum atomic E-state index is -4.68. The number of aromatic hydroxyl groups is 1. The number of hydrogen-bond donors (Lipinski definition) is 1. The van der Waals surface area contributed by atoms with E-state index in [2.05, 4.69) is 0 Å². The molecule has 2 aromatic rings. The Bertz CT molecular complexity index is 1080. The molecule has 9 nitrogen and oxygen atoms in total. The van der Waals surface area contributed by atoms with Crippen molar-refractivity contribution in [2.24, 2.45) is 0 Å². The van der Waals surface area contributed by atoms with Crippen LogP contribution in [0.15, 0.2) is 39.5 Å². The second kappa shape index (κ2) is 8.88. The molecule has 3 rings (SSSR count). The van der Waals surface area contributed by atoms with Crippen LogP contribution in [0, 0.1) is 13.8 Å². The van der Waals surface area contributed by atoms with E-state index in [0.29, 0.717) is 5.69 Å². The topological polar surface area (TPSA) is 131 Å². The van der Waals surface area contributed by atoms with Gasteiger partial charge < -0.3 is 19.0 Å². The van der Waals surface area contributed by atoms with Gasteiger partial charge in [-0.3, -0.25) is 4.90 Å². The van der Waals surface area contributed by atoms with E-state index in [0.717, 1.165) is 10.5 Å². The zero-order valence-corrected chi connectivity index (χ0v) is 19.1. The van der Waals surface area contributed by atoms with Gasteiger partial charge in [-0.1, -0.05) is 12.1 Å². The van der Waals surface area contributed by atoms with Gasteiger partial charge in [-0.05, 0) is 38.0 Å². The smallest absolute Gasteiger partial charge is 0.747 e. The van der Waals surface area contributed by atoms with Gasteiger partial charge in [0.2, 0.25) is 0 Å². The number of anilines is 1. The number of hydrogen-bond acceptors (Lipinski definition) is 7. The first kappa shape index (κ1) is 23.4. The van der Waals surface area contributed by atoms with Gasteiger partial charge in [0.1, 0.15) is 33.1 Å². The summed E-state index contributed by atoms with van der Waals surface area (Å²) in [4.78, 5) is 27.5. The van der Waals surface area contributed by atoms with Crippen LogP contribution >= 0.6 is 0 Å². The van der Waals surface area contributed by atoms with Crippen molar-refractivity contribution in [1.82, 2.24) is 4.90 Å². The molecule has 0 bridgehead atoms. The summed E-state index contributed by atoms with van der Waals surface area (Å²) in [7, 11) is -4.68. The minimum absolute atomic E-state index is 0. The second-order valence-electron chi connectivity index (χ2n) is 6.69. The van der Waals surface area contributed by atoms with Crippen LogP contribution in [0.4, 0.5) is 10.5 Å². The molecule has 0 spiro atoms. The van der Waals surface area contributed by atoms with Crippen LogP contribution in [0.5, 0.6) is 5.75 Å². The van der Waals surface area contributed by atoms with Gasteiger partial charge in [-0.15, -0.1) is 0 Å². The molecule has 1 fully saturated rings. The summed E-state index contributed by atoms with van der Waals surface area (Å²) in [5.74, 6) is -1.07. The summed E-state index contributed by atoms with van der Waals surface area (Å²) >= 11 is 0. The van der Waals surface area contributed by atoms with Crippen molar-refractivity contribution in [1.29, 1.82) is 0 Å². The summed E-state index contributed by atoms with van der Waals surface area (Å²) in [6.45, 7) is 3.25. The fourth-order valence-corrected chi connectivity index (χ4v) is 3.97. The maximum absolute atomic E-state index is 13.0. The molecule has 0 aliphatic carbocycles. The summed E-state index contributed by atoms with van der Waals surface area (Å²) in [5.41, 5.74) is 0.364. The van der Waals surface area contributed by atoms with Crippen molar-refractivity contribution in [2.45, 2.75) is 26.3 Å². The first-order chi connectivity index (χ1) is 13.1. The van der Waals surface area contributed by atoms with Crippen LogP contribution < -0.4 is 40.1 Å². The molecule has 1 aromatic heterocycles. The normalized spacial score (nSPS) is 17.2. The average molecular weight is 430 g/mol. The molecular formula is C18H19N2NaO7S. The van der Waals surface area contributed by atoms with Gasteiger partial charge in [-0.2, -0.15) is 0 Å². The second-order valence-corrected chi connectivity index (χ2v) is 8.06. The fourth-order valence-electron chi connectivity index (χ4n) is 3.35. The molecule has 0 radical (unpaired) electrons. The van der Waals surface area contributed by atoms with E-state index in [4.69, 9.17) is 4.42 Å². The van der Waals surface area contributed by atoms with E-state index < -0.39 is 33.7 Å². The predicted octanol–water partition coefficient (Wildman–Crippen LogP) is -1.16. The molecule has 0 saturated carbocycles. The van der Waals surface area contributed by atoms with Gasteiger partial charge in [0.05, 0.1) is 6.04 Å². The Morgan fingerprint density at radius 1 is 1.24 bits per heavy atom. The number of carbonyl (C=O) groups is 1. The Kier molecular flexibility index (Phi) is 7.18. The van der Waals surface area contributed by atoms with Crippen LogP contribution in [0.25, 0.3) is 0 Å². The van der Waals surface area contributed by atoms with Crippen molar-refractivity contribution >= 4 is 21.8 Å². The van der Waals surface area contributed by atoms with E-state index >= 15 is 0 Å². The molecule has 150 valence electrons. The van der Waals surface area contributed by atoms with Crippen LogP contribution in [-0.2, 0) is 10.1 Å². The van der Waals surface area contributed by atoms with Gasteiger partial charge in [0.25, 0.3) is 0 Å².